The molecular formula is C6H4BrF3O2. The first-order valence-electron chi connectivity index (χ1n) is 2.90. The van der Waals surface area contributed by atoms with Crippen LogP contribution >= 0.6 is 15.9 Å². The molecule has 0 bridgehead atoms. The quantitative estimate of drug-likeness (QED) is 0.824. The fourth-order valence-corrected chi connectivity index (χ4v) is 0.952. The van der Waals surface area contributed by atoms with Gasteiger partial charge in [0.2, 0.25) is 6.10 Å². The minimum atomic E-state index is -4.68. The van der Waals surface area contributed by atoms with Crippen LogP contribution in [0.4, 0.5) is 13.2 Å². The summed E-state index contributed by atoms with van der Waals surface area (Å²) in [6.07, 6.45) is -6.16. The van der Waals surface area contributed by atoms with Gasteiger partial charge in [-0.2, -0.15) is 13.2 Å². The summed E-state index contributed by atoms with van der Waals surface area (Å²) in [6.45, 7) is 0. The van der Waals surface area contributed by atoms with Gasteiger partial charge < -0.3 is 9.52 Å². The van der Waals surface area contributed by atoms with Crippen molar-refractivity contribution in [3.63, 3.8) is 0 Å². The van der Waals surface area contributed by atoms with Crippen molar-refractivity contribution in [1.82, 2.24) is 0 Å². The Morgan fingerprint density at radius 2 is 2.08 bits per heavy atom. The molecule has 1 heterocycles. The van der Waals surface area contributed by atoms with E-state index in [1.807, 2.05) is 0 Å². The van der Waals surface area contributed by atoms with Gasteiger partial charge in [0.15, 0.2) is 0 Å². The van der Waals surface area contributed by atoms with Gasteiger partial charge in [0, 0.05) is 0 Å². The summed E-state index contributed by atoms with van der Waals surface area (Å²) < 4.78 is 40.3. The molecule has 1 N–H and O–H groups in total. The molecule has 2 nitrogen and oxygen atoms in total. The van der Waals surface area contributed by atoms with E-state index in [-0.39, 0.29) is 0 Å². The van der Waals surface area contributed by atoms with Crippen LogP contribution in [0.25, 0.3) is 0 Å². The first-order chi connectivity index (χ1) is 5.41. The number of halogens is 4. The number of furan rings is 1. The van der Waals surface area contributed by atoms with E-state index >= 15 is 0 Å². The molecule has 0 amide bonds. The van der Waals surface area contributed by atoms with E-state index in [0.29, 0.717) is 4.47 Å². The van der Waals surface area contributed by atoms with Crippen molar-refractivity contribution in [2.24, 2.45) is 0 Å². The average molecular weight is 245 g/mol. The van der Waals surface area contributed by atoms with E-state index in [0.717, 1.165) is 12.3 Å². The maximum Gasteiger partial charge on any atom is 0.421 e. The Hall–Kier alpha value is -0.490. The van der Waals surface area contributed by atoms with Gasteiger partial charge in [-0.3, -0.25) is 0 Å². The number of rotatable bonds is 1. The molecule has 0 saturated heterocycles. The van der Waals surface area contributed by atoms with Crippen molar-refractivity contribution >= 4 is 15.9 Å². The molecule has 0 saturated carbocycles. The molecule has 1 aromatic heterocycles. The number of hydrogen-bond acceptors (Lipinski definition) is 2. The van der Waals surface area contributed by atoms with Gasteiger partial charge >= 0.3 is 6.18 Å². The smallest absolute Gasteiger partial charge is 0.421 e. The molecule has 1 rings (SSSR count). The minimum Gasteiger partial charge on any atom is -0.465 e. The third kappa shape index (κ3) is 2.01. The highest BCUT2D eigenvalue weighted by molar-refractivity contribution is 9.10. The highest BCUT2D eigenvalue weighted by Gasteiger charge is 2.41. The molecule has 0 fully saturated rings. The van der Waals surface area contributed by atoms with Crippen LogP contribution < -0.4 is 0 Å². The van der Waals surface area contributed by atoms with Gasteiger partial charge in [-0.25, -0.2) is 0 Å². The van der Waals surface area contributed by atoms with Crippen LogP contribution in [-0.2, 0) is 0 Å². The van der Waals surface area contributed by atoms with Crippen molar-refractivity contribution in [3.05, 3.63) is 22.6 Å². The van der Waals surface area contributed by atoms with Crippen LogP contribution in [0.2, 0.25) is 0 Å². The standard InChI is InChI=1S/C6H4BrF3O2/c7-3-1-4(12-2-3)5(11)6(8,9)10/h1-2,5,11H/t5-/m1/s1. The largest absolute Gasteiger partial charge is 0.465 e. The van der Waals surface area contributed by atoms with Crippen LogP contribution in [0.3, 0.4) is 0 Å². The number of hydrogen-bond donors (Lipinski definition) is 1. The second-order valence-corrected chi connectivity index (χ2v) is 3.03. The molecule has 12 heavy (non-hydrogen) atoms. The second-order valence-electron chi connectivity index (χ2n) is 2.11. The monoisotopic (exact) mass is 244 g/mol. The van der Waals surface area contributed by atoms with Gasteiger partial charge in [0.25, 0.3) is 0 Å². The number of aliphatic hydroxyl groups is 1. The summed E-state index contributed by atoms with van der Waals surface area (Å²) in [5.74, 6) is -0.519. The van der Waals surface area contributed by atoms with Crippen LogP contribution in [0, 0.1) is 0 Å². The summed E-state index contributed by atoms with van der Waals surface area (Å²) in [6, 6.07) is 1.07. The van der Waals surface area contributed by atoms with Crippen molar-refractivity contribution in [1.29, 1.82) is 0 Å². The predicted octanol–water partition coefficient (Wildman–Crippen LogP) is 2.64. The van der Waals surface area contributed by atoms with Crippen LogP contribution in [0.15, 0.2) is 21.2 Å². The lowest BCUT2D eigenvalue weighted by Gasteiger charge is -2.10. The van der Waals surface area contributed by atoms with Crippen LogP contribution in [0.5, 0.6) is 0 Å². The molecule has 68 valence electrons. The minimum absolute atomic E-state index is 0.362. The third-order valence-electron chi connectivity index (χ3n) is 1.17. The Morgan fingerprint density at radius 3 is 2.42 bits per heavy atom. The maximum atomic E-state index is 11.8. The third-order valence-corrected chi connectivity index (χ3v) is 1.58. The molecular weight excluding hydrogens is 241 g/mol. The highest BCUT2D eigenvalue weighted by Crippen LogP contribution is 2.33. The lowest BCUT2D eigenvalue weighted by Crippen LogP contribution is -2.19. The van der Waals surface area contributed by atoms with Gasteiger partial charge in [-0.05, 0) is 22.0 Å². The van der Waals surface area contributed by atoms with E-state index in [2.05, 4.69) is 20.3 Å². The Balaban J connectivity index is 2.85. The molecule has 6 heteroatoms. The van der Waals surface area contributed by atoms with Gasteiger partial charge in [0.1, 0.15) is 12.0 Å². The van der Waals surface area contributed by atoms with E-state index in [1.165, 1.54) is 0 Å². The highest BCUT2D eigenvalue weighted by atomic mass is 79.9. The topological polar surface area (TPSA) is 33.4 Å². The molecule has 0 aliphatic carbocycles. The van der Waals surface area contributed by atoms with Crippen molar-refractivity contribution < 1.29 is 22.7 Å². The zero-order valence-corrected chi connectivity index (χ0v) is 7.19. The lowest BCUT2D eigenvalue weighted by molar-refractivity contribution is -0.211. The maximum absolute atomic E-state index is 11.8. The molecule has 0 spiro atoms. The first kappa shape index (κ1) is 9.60. The Morgan fingerprint density at radius 1 is 1.50 bits per heavy atom. The first-order valence-corrected chi connectivity index (χ1v) is 3.69. The van der Waals surface area contributed by atoms with Crippen molar-refractivity contribution in [2.45, 2.75) is 12.3 Å². The SMILES string of the molecule is O[C@H](c1cc(Br)co1)C(F)(F)F. The number of alkyl halides is 3. The Kier molecular flexibility index (Phi) is 2.48. The molecule has 1 atom stereocenters. The molecule has 0 aliphatic heterocycles. The Bertz CT molecular complexity index is 268. The summed E-state index contributed by atoms with van der Waals surface area (Å²) in [5.41, 5.74) is 0. The predicted molar refractivity (Wildman–Crippen MR) is 37.4 cm³/mol. The average Bonchev–Trinajstić information content (AvgIpc) is 2.32. The normalized spacial score (nSPS) is 14.8. The summed E-state index contributed by atoms with van der Waals surface area (Å²) in [5, 5.41) is 8.63. The van der Waals surface area contributed by atoms with Crippen molar-refractivity contribution in [3.8, 4) is 0 Å². The summed E-state index contributed by atoms with van der Waals surface area (Å²) in [4.78, 5) is 0. The Labute approximate surface area is 74.1 Å². The molecule has 0 radical (unpaired) electrons. The van der Waals surface area contributed by atoms with E-state index in [9.17, 15) is 13.2 Å². The molecule has 0 unspecified atom stereocenters. The van der Waals surface area contributed by atoms with Crippen molar-refractivity contribution in [2.75, 3.05) is 0 Å². The fourth-order valence-electron chi connectivity index (χ4n) is 0.633. The van der Waals surface area contributed by atoms with Gasteiger partial charge in [-0.15, -0.1) is 0 Å². The molecule has 0 aromatic carbocycles. The molecule has 1 aromatic rings. The van der Waals surface area contributed by atoms with E-state index < -0.39 is 18.0 Å². The van der Waals surface area contributed by atoms with Gasteiger partial charge in [-0.1, -0.05) is 0 Å². The van der Waals surface area contributed by atoms with E-state index in [1.54, 1.807) is 0 Å². The lowest BCUT2D eigenvalue weighted by atomic mass is 10.3. The number of aliphatic hydroxyl groups excluding tert-OH is 1. The van der Waals surface area contributed by atoms with Crippen LogP contribution in [-0.4, -0.2) is 11.3 Å². The van der Waals surface area contributed by atoms with Gasteiger partial charge in [0.05, 0.1) is 4.47 Å². The molecule has 0 aliphatic rings. The van der Waals surface area contributed by atoms with Crippen LogP contribution in [0.1, 0.15) is 11.9 Å². The summed E-state index contributed by atoms with van der Waals surface area (Å²) in [7, 11) is 0. The zero-order valence-electron chi connectivity index (χ0n) is 5.60. The zero-order chi connectivity index (χ0) is 9.35. The summed E-state index contributed by atoms with van der Waals surface area (Å²) >= 11 is 2.89. The second kappa shape index (κ2) is 3.10. The van der Waals surface area contributed by atoms with E-state index in [4.69, 9.17) is 5.11 Å². The fraction of sp³-hybridized carbons (Fsp3) is 0.333.